The maximum absolute atomic E-state index is 12.5. The van der Waals surface area contributed by atoms with E-state index in [0.717, 1.165) is 16.7 Å². The van der Waals surface area contributed by atoms with Crippen LogP contribution in [0.5, 0.6) is 0 Å². The van der Waals surface area contributed by atoms with Gasteiger partial charge in [0.1, 0.15) is 0 Å². The lowest BCUT2D eigenvalue weighted by Gasteiger charge is -2.23. The van der Waals surface area contributed by atoms with Gasteiger partial charge in [0.15, 0.2) is 5.78 Å². The van der Waals surface area contributed by atoms with Crippen molar-refractivity contribution in [3.63, 3.8) is 0 Å². The summed E-state index contributed by atoms with van der Waals surface area (Å²) in [5, 5.41) is 0. The molecule has 2 N–H and O–H groups in total. The number of hydrogen-bond acceptors (Lipinski definition) is 2. The van der Waals surface area contributed by atoms with Crippen molar-refractivity contribution in [2.24, 2.45) is 5.73 Å². The summed E-state index contributed by atoms with van der Waals surface area (Å²) in [4.78, 5) is 12.5. The van der Waals surface area contributed by atoms with E-state index in [0.29, 0.717) is 12.1 Å². The zero-order valence-electron chi connectivity index (χ0n) is 12.3. The molecule has 0 spiro atoms. The smallest absolute Gasteiger partial charge is 0.193 e. The third-order valence-electron chi connectivity index (χ3n) is 3.73. The molecule has 0 aromatic heterocycles. The highest BCUT2D eigenvalue weighted by Gasteiger charge is 2.20. The van der Waals surface area contributed by atoms with Gasteiger partial charge in [0.2, 0.25) is 0 Å². The molecule has 0 unspecified atom stereocenters. The third-order valence-corrected chi connectivity index (χ3v) is 3.73. The fraction of sp³-hybridized carbons (Fsp3) is 0.278. The summed E-state index contributed by atoms with van der Waals surface area (Å²) >= 11 is 0. The highest BCUT2D eigenvalue weighted by molar-refractivity contribution is 6.09. The number of ketones is 1. The third kappa shape index (κ3) is 2.97. The maximum Gasteiger partial charge on any atom is 0.193 e. The molecule has 0 aliphatic carbocycles. The number of aryl methyl sites for hydroxylation is 1. The second-order valence-corrected chi connectivity index (χ2v) is 5.86. The van der Waals surface area contributed by atoms with Crippen LogP contribution in [-0.4, -0.2) is 12.3 Å². The van der Waals surface area contributed by atoms with Crippen LogP contribution in [-0.2, 0) is 5.41 Å². The number of rotatable bonds is 4. The monoisotopic (exact) mass is 267 g/mol. The van der Waals surface area contributed by atoms with E-state index < -0.39 is 0 Å². The predicted octanol–water partition coefficient (Wildman–Crippen LogP) is 3.46. The van der Waals surface area contributed by atoms with Crippen molar-refractivity contribution in [3.8, 4) is 0 Å². The fourth-order valence-corrected chi connectivity index (χ4v) is 2.07. The van der Waals surface area contributed by atoms with Crippen molar-refractivity contribution in [1.82, 2.24) is 0 Å². The van der Waals surface area contributed by atoms with E-state index in [1.165, 1.54) is 0 Å². The van der Waals surface area contributed by atoms with Crippen molar-refractivity contribution in [1.29, 1.82) is 0 Å². The summed E-state index contributed by atoms with van der Waals surface area (Å²) in [7, 11) is 0. The Labute approximate surface area is 120 Å². The molecule has 0 bridgehead atoms. The molecule has 0 heterocycles. The molecule has 2 aromatic rings. The Hall–Kier alpha value is -1.93. The standard InChI is InChI=1S/C18H21NO/c1-13-7-9-14(10-8-13)17(20)15-5-4-6-16(11-15)18(2,3)12-19/h4-11H,12,19H2,1-3H3. The van der Waals surface area contributed by atoms with E-state index in [4.69, 9.17) is 5.73 Å². The molecule has 0 atom stereocenters. The van der Waals surface area contributed by atoms with Crippen molar-refractivity contribution in [3.05, 3.63) is 70.8 Å². The molecule has 0 fully saturated rings. The highest BCUT2D eigenvalue weighted by atomic mass is 16.1. The largest absolute Gasteiger partial charge is 0.330 e. The lowest BCUT2D eigenvalue weighted by Crippen LogP contribution is -2.28. The molecular formula is C18H21NO. The van der Waals surface area contributed by atoms with Crippen molar-refractivity contribution < 1.29 is 4.79 Å². The minimum Gasteiger partial charge on any atom is -0.330 e. The lowest BCUT2D eigenvalue weighted by molar-refractivity contribution is 0.103. The normalized spacial score (nSPS) is 11.4. The first-order valence-corrected chi connectivity index (χ1v) is 6.86. The fourth-order valence-electron chi connectivity index (χ4n) is 2.07. The summed E-state index contributed by atoms with van der Waals surface area (Å²) < 4.78 is 0. The van der Waals surface area contributed by atoms with E-state index in [2.05, 4.69) is 13.8 Å². The summed E-state index contributed by atoms with van der Waals surface area (Å²) in [5.74, 6) is 0.0553. The van der Waals surface area contributed by atoms with Gasteiger partial charge in [0.05, 0.1) is 0 Å². The summed E-state index contributed by atoms with van der Waals surface area (Å²) in [6.45, 7) is 6.73. The van der Waals surface area contributed by atoms with E-state index in [1.54, 1.807) is 0 Å². The van der Waals surface area contributed by atoms with Crippen LogP contribution in [0.3, 0.4) is 0 Å². The molecule has 104 valence electrons. The average Bonchev–Trinajstić information content (AvgIpc) is 2.47. The molecule has 20 heavy (non-hydrogen) atoms. The van der Waals surface area contributed by atoms with Gasteiger partial charge in [-0.2, -0.15) is 0 Å². The van der Waals surface area contributed by atoms with Crippen LogP contribution in [0.4, 0.5) is 0 Å². The molecule has 0 radical (unpaired) electrons. The zero-order chi connectivity index (χ0) is 14.8. The molecule has 0 aliphatic heterocycles. The summed E-state index contributed by atoms with van der Waals surface area (Å²) in [6.07, 6.45) is 0. The molecule has 0 saturated carbocycles. The van der Waals surface area contributed by atoms with Crippen LogP contribution in [0.25, 0.3) is 0 Å². The quantitative estimate of drug-likeness (QED) is 0.862. The number of nitrogens with two attached hydrogens (primary N) is 1. The Morgan fingerprint density at radius 1 is 1.05 bits per heavy atom. The van der Waals surface area contributed by atoms with Gasteiger partial charge in [-0.1, -0.05) is 61.9 Å². The number of carbonyl (C=O) groups is 1. The first-order chi connectivity index (χ1) is 9.44. The molecule has 0 aliphatic rings. The summed E-state index contributed by atoms with van der Waals surface area (Å²) in [6, 6.07) is 15.4. The highest BCUT2D eigenvalue weighted by Crippen LogP contribution is 2.23. The van der Waals surface area contributed by atoms with Crippen molar-refractivity contribution >= 4 is 5.78 Å². The van der Waals surface area contributed by atoms with E-state index >= 15 is 0 Å². The first-order valence-electron chi connectivity index (χ1n) is 6.86. The number of hydrogen-bond donors (Lipinski definition) is 1. The van der Waals surface area contributed by atoms with Crippen molar-refractivity contribution in [2.45, 2.75) is 26.2 Å². The molecular weight excluding hydrogens is 246 g/mol. The Kier molecular flexibility index (Phi) is 4.05. The molecule has 2 rings (SSSR count). The van der Waals surface area contributed by atoms with Gasteiger partial charge in [0, 0.05) is 23.1 Å². The van der Waals surface area contributed by atoms with Gasteiger partial charge in [-0.25, -0.2) is 0 Å². The predicted molar refractivity (Wildman–Crippen MR) is 83.1 cm³/mol. The molecule has 2 aromatic carbocycles. The minimum atomic E-state index is -0.121. The van der Waals surface area contributed by atoms with E-state index in [9.17, 15) is 4.79 Å². The zero-order valence-corrected chi connectivity index (χ0v) is 12.3. The molecule has 2 nitrogen and oxygen atoms in total. The van der Waals surface area contributed by atoms with E-state index in [1.807, 2.05) is 55.5 Å². The van der Waals surface area contributed by atoms with Gasteiger partial charge in [-0.15, -0.1) is 0 Å². The van der Waals surface area contributed by atoms with Crippen LogP contribution < -0.4 is 5.73 Å². The van der Waals surface area contributed by atoms with Crippen LogP contribution >= 0.6 is 0 Å². The number of benzene rings is 2. The van der Waals surface area contributed by atoms with Gasteiger partial charge in [-0.05, 0) is 18.6 Å². The first kappa shape index (κ1) is 14.5. The SMILES string of the molecule is Cc1ccc(C(=O)c2cccc(C(C)(C)CN)c2)cc1. The molecule has 0 saturated heterocycles. The second kappa shape index (κ2) is 5.59. The summed E-state index contributed by atoms with van der Waals surface area (Å²) in [5.41, 5.74) is 9.37. The average molecular weight is 267 g/mol. The Morgan fingerprint density at radius 3 is 2.30 bits per heavy atom. The van der Waals surface area contributed by atoms with E-state index in [-0.39, 0.29) is 11.2 Å². The van der Waals surface area contributed by atoms with Crippen LogP contribution in [0.15, 0.2) is 48.5 Å². The van der Waals surface area contributed by atoms with Crippen LogP contribution in [0.2, 0.25) is 0 Å². The molecule has 0 amide bonds. The maximum atomic E-state index is 12.5. The Bertz CT molecular complexity index is 612. The lowest BCUT2D eigenvalue weighted by atomic mass is 9.83. The topological polar surface area (TPSA) is 43.1 Å². The van der Waals surface area contributed by atoms with Crippen molar-refractivity contribution in [2.75, 3.05) is 6.54 Å². The molecule has 2 heteroatoms. The Balaban J connectivity index is 2.36. The van der Waals surface area contributed by atoms with Gasteiger partial charge in [0.25, 0.3) is 0 Å². The minimum absolute atomic E-state index is 0.0553. The van der Waals surface area contributed by atoms with Gasteiger partial charge >= 0.3 is 0 Å². The van der Waals surface area contributed by atoms with Gasteiger partial charge < -0.3 is 5.73 Å². The van der Waals surface area contributed by atoms with Gasteiger partial charge in [-0.3, -0.25) is 4.79 Å². The second-order valence-electron chi connectivity index (χ2n) is 5.86. The Morgan fingerprint density at radius 2 is 1.70 bits per heavy atom. The van der Waals surface area contributed by atoms with Crippen LogP contribution in [0, 0.1) is 6.92 Å². The van der Waals surface area contributed by atoms with Crippen LogP contribution in [0.1, 0.15) is 40.9 Å². The number of carbonyl (C=O) groups excluding carboxylic acids is 1.